The fraction of sp³-hybridized carbons (Fsp3) is 0.643. The van der Waals surface area contributed by atoms with Crippen LogP contribution in [0.25, 0.3) is 0 Å². The second-order valence-electron chi connectivity index (χ2n) is 4.99. The van der Waals surface area contributed by atoms with Crippen molar-refractivity contribution in [3.63, 3.8) is 0 Å². The molecule has 1 aromatic rings. The molecule has 0 radical (unpaired) electrons. The number of hydrogen-bond donors (Lipinski definition) is 1. The lowest BCUT2D eigenvalue weighted by Crippen LogP contribution is -2.49. The molecule has 0 aromatic carbocycles. The van der Waals surface area contributed by atoms with Crippen molar-refractivity contribution < 1.29 is 4.74 Å². The van der Waals surface area contributed by atoms with Crippen molar-refractivity contribution >= 4 is 5.82 Å². The van der Waals surface area contributed by atoms with Gasteiger partial charge in [-0.15, -0.1) is 0 Å². The van der Waals surface area contributed by atoms with Crippen molar-refractivity contribution in [1.82, 2.24) is 4.98 Å². The average Bonchev–Trinajstić information content (AvgIpc) is 2.38. The lowest BCUT2D eigenvalue weighted by Gasteiger charge is -2.40. The molecule has 2 rings (SSSR count). The van der Waals surface area contributed by atoms with Crippen LogP contribution in [0.2, 0.25) is 0 Å². The first-order valence-corrected chi connectivity index (χ1v) is 6.70. The normalized spacial score (nSPS) is 24.3. The predicted molar refractivity (Wildman–Crippen MR) is 73.7 cm³/mol. The van der Waals surface area contributed by atoms with Gasteiger partial charge >= 0.3 is 0 Å². The molecule has 1 aliphatic heterocycles. The van der Waals surface area contributed by atoms with Crippen LogP contribution in [0, 0.1) is 6.92 Å². The molecule has 18 heavy (non-hydrogen) atoms. The van der Waals surface area contributed by atoms with Gasteiger partial charge in [0.15, 0.2) is 0 Å². The third-order valence-electron chi connectivity index (χ3n) is 3.68. The van der Waals surface area contributed by atoms with Crippen LogP contribution in [-0.2, 0) is 11.3 Å². The van der Waals surface area contributed by atoms with Crippen LogP contribution in [0.3, 0.4) is 0 Å². The Labute approximate surface area is 109 Å². The number of hydrogen-bond acceptors (Lipinski definition) is 4. The number of nitrogens with two attached hydrogens (primary N) is 1. The number of aromatic nitrogens is 1. The van der Waals surface area contributed by atoms with Crippen LogP contribution in [0.15, 0.2) is 12.3 Å². The maximum absolute atomic E-state index is 5.88. The van der Waals surface area contributed by atoms with Gasteiger partial charge in [-0.25, -0.2) is 4.98 Å². The van der Waals surface area contributed by atoms with E-state index in [9.17, 15) is 0 Å². The largest absolute Gasteiger partial charge is 0.375 e. The molecular weight excluding hydrogens is 226 g/mol. The summed E-state index contributed by atoms with van der Waals surface area (Å²) in [5.41, 5.74) is 8.26. The number of anilines is 1. The number of ether oxygens (including phenoxy) is 1. The Kier molecular flexibility index (Phi) is 4.19. The van der Waals surface area contributed by atoms with Gasteiger partial charge in [0.25, 0.3) is 0 Å². The summed E-state index contributed by atoms with van der Waals surface area (Å²) >= 11 is 0. The molecule has 2 atom stereocenters. The van der Waals surface area contributed by atoms with E-state index in [1.165, 1.54) is 5.56 Å². The summed E-state index contributed by atoms with van der Waals surface area (Å²) in [5, 5.41) is 0. The van der Waals surface area contributed by atoms with E-state index < -0.39 is 0 Å². The maximum atomic E-state index is 5.88. The van der Waals surface area contributed by atoms with E-state index in [2.05, 4.69) is 30.7 Å². The summed E-state index contributed by atoms with van der Waals surface area (Å²) in [6, 6.07) is 2.43. The molecular formula is C14H23N3O. The Morgan fingerprint density at radius 2 is 2.33 bits per heavy atom. The van der Waals surface area contributed by atoms with E-state index in [0.717, 1.165) is 31.0 Å². The first-order valence-electron chi connectivity index (χ1n) is 6.70. The van der Waals surface area contributed by atoms with Gasteiger partial charge in [-0.05, 0) is 31.9 Å². The van der Waals surface area contributed by atoms with Gasteiger partial charge in [0.05, 0.1) is 18.8 Å². The van der Waals surface area contributed by atoms with E-state index in [1.54, 1.807) is 0 Å². The summed E-state index contributed by atoms with van der Waals surface area (Å²) in [6.45, 7) is 8.60. The van der Waals surface area contributed by atoms with Crippen molar-refractivity contribution in [2.45, 2.75) is 45.9 Å². The lowest BCUT2D eigenvalue weighted by molar-refractivity contribution is 0.0295. The summed E-state index contributed by atoms with van der Waals surface area (Å²) in [5.74, 6) is 1.04. The smallest absolute Gasteiger partial charge is 0.133 e. The van der Waals surface area contributed by atoms with E-state index in [1.807, 2.05) is 12.3 Å². The molecule has 0 amide bonds. The molecule has 2 N–H and O–H groups in total. The SMILES string of the molecule is CCC1COC(C)CN1c1nccc(C)c1CN. The summed E-state index contributed by atoms with van der Waals surface area (Å²) in [7, 11) is 0. The van der Waals surface area contributed by atoms with Gasteiger partial charge in [-0.1, -0.05) is 6.92 Å². The Morgan fingerprint density at radius 3 is 3.00 bits per heavy atom. The second-order valence-corrected chi connectivity index (χ2v) is 4.99. The number of aryl methyl sites for hydroxylation is 1. The zero-order valence-corrected chi connectivity index (χ0v) is 11.5. The van der Waals surface area contributed by atoms with Crippen LogP contribution in [0.1, 0.15) is 31.4 Å². The number of pyridine rings is 1. The Morgan fingerprint density at radius 1 is 1.56 bits per heavy atom. The summed E-state index contributed by atoms with van der Waals surface area (Å²) in [6.07, 6.45) is 3.18. The highest BCUT2D eigenvalue weighted by Gasteiger charge is 2.28. The lowest BCUT2D eigenvalue weighted by atomic mass is 10.1. The predicted octanol–water partition coefficient (Wildman–Crippen LogP) is 1.85. The Hall–Kier alpha value is -1.13. The molecule has 1 saturated heterocycles. The van der Waals surface area contributed by atoms with Crippen LogP contribution >= 0.6 is 0 Å². The first-order chi connectivity index (χ1) is 8.67. The molecule has 2 heterocycles. The maximum Gasteiger partial charge on any atom is 0.133 e. The number of nitrogens with zero attached hydrogens (tertiary/aromatic N) is 2. The minimum absolute atomic E-state index is 0.251. The third-order valence-corrected chi connectivity index (χ3v) is 3.68. The van der Waals surface area contributed by atoms with Crippen molar-refractivity contribution in [3.05, 3.63) is 23.4 Å². The van der Waals surface area contributed by atoms with Crippen molar-refractivity contribution in [2.24, 2.45) is 5.73 Å². The molecule has 0 spiro atoms. The topological polar surface area (TPSA) is 51.4 Å². The molecule has 4 nitrogen and oxygen atoms in total. The van der Waals surface area contributed by atoms with E-state index >= 15 is 0 Å². The standard InChI is InChI=1S/C14H23N3O/c1-4-12-9-18-11(3)8-17(12)14-13(7-15)10(2)5-6-16-14/h5-6,11-12H,4,7-9,15H2,1-3H3. The van der Waals surface area contributed by atoms with Crippen molar-refractivity contribution in [2.75, 3.05) is 18.1 Å². The second kappa shape index (κ2) is 5.67. The molecule has 0 saturated carbocycles. The van der Waals surface area contributed by atoms with E-state index in [-0.39, 0.29) is 6.10 Å². The highest BCUT2D eigenvalue weighted by molar-refractivity contribution is 5.51. The fourth-order valence-electron chi connectivity index (χ4n) is 2.52. The molecule has 4 heteroatoms. The van der Waals surface area contributed by atoms with Crippen LogP contribution in [0.5, 0.6) is 0 Å². The molecule has 2 unspecified atom stereocenters. The summed E-state index contributed by atoms with van der Waals surface area (Å²) < 4.78 is 5.74. The van der Waals surface area contributed by atoms with Gasteiger partial charge in [-0.2, -0.15) is 0 Å². The molecule has 0 bridgehead atoms. The molecule has 0 aliphatic carbocycles. The zero-order valence-electron chi connectivity index (χ0n) is 11.5. The molecule has 1 fully saturated rings. The average molecular weight is 249 g/mol. The third kappa shape index (κ3) is 2.49. The fourth-order valence-corrected chi connectivity index (χ4v) is 2.52. The Bertz CT molecular complexity index is 408. The summed E-state index contributed by atoms with van der Waals surface area (Å²) in [4.78, 5) is 6.92. The minimum Gasteiger partial charge on any atom is -0.375 e. The van der Waals surface area contributed by atoms with Gasteiger partial charge in [-0.3, -0.25) is 0 Å². The first kappa shape index (κ1) is 13.3. The van der Waals surface area contributed by atoms with Gasteiger partial charge in [0.1, 0.15) is 5.82 Å². The van der Waals surface area contributed by atoms with Gasteiger partial charge in [0, 0.05) is 24.8 Å². The van der Waals surface area contributed by atoms with Crippen LogP contribution in [0.4, 0.5) is 5.82 Å². The Balaban J connectivity index is 2.36. The minimum atomic E-state index is 0.251. The monoisotopic (exact) mass is 249 g/mol. The highest BCUT2D eigenvalue weighted by Crippen LogP contribution is 2.26. The number of morpholine rings is 1. The van der Waals surface area contributed by atoms with Crippen LogP contribution < -0.4 is 10.6 Å². The highest BCUT2D eigenvalue weighted by atomic mass is 16.5. The van der Waals surface area contributed by atoms with Crippen LogP contribution in [-0.4, -0.2) is 30.3 Å². The van der Waals surface area contributed by atoms with E-state index in [0.29, 0.717) is 12.6 Å². The number of rotatable bonds is 3. The molecule has 1 aromatic heterocycles. The zero-order chi connectivity index (χ0) is 13.1. The van der Waals surface area contributed by atoms with E-state index in [4.69, 9.17) is 10.5 Å². The van der Waals surface area contributed by atoms with Gasteiger partial charge < -0.3 is 15.4 Å². The quantitative estimate of drug-likeness (QED) is 0.888. The van der Waals surface area contributed by atoms with Crippen molar-refractivity contribution in [3.8, 4) is 0 Å². The molecule has 1 aliphatic rings. The van der Waals surface area contributed by atoms with Gasteiger partial charge in [0.2, 0.25) is 0 Å². The van der Waals surface area contributed by atoms with Crippen molar-refractivity contribution in [1.29, 1.82) is 0 Å². The molecule has 100 valence electrons.